The van der Waals surface area contributed by atoms with Crippen molar-refractivity contribution in [3.63, 3.8) is 0 Å². The first-order valence-electron chi connectivity index (χ1n) is 7.38. The van der Waals surface area contributed by atoms with Crippen LogP contribution in [0.25, 0.3) is 0 Å². The molecule has 0 aliphatic heterocycles. The van der Waals surface area contributed by atoms with Crippen LogP contribution in [0.1, 0.15) is 13.8 Å². The van der Waals surface area contributed by atoms with Crippen molar-refractivity contribution in [3.05, 3.63) is 120 Å². The van der Waals surface area contributed by atoms with Gasteiger partial charge in [0, 0.05) is 4.91 Å². The van der Waals surface area contributed by atoms with E-state index in [0.717, 1.165) is 27.2 Å². The minimum absolute atomic E-state index is 0.795. The second-order valence-electron chi connectivity index (χ2n) is 4.67. The van der Waals surface area contributed by atoms with Gasteiger partial charge in [0.1, 0.15) is 0 Å². The molecule has 0 rings (SSSR count). The Morgan fingerprint density at radius 3 is 2.04 bits per heavy atom. The molecule has 0 unspecified atom stereocenters. The van der Waals surface area contributed by atoms with Crippen LogP contribution in [0.2, 0.25) is 0 Å². The zero-order valence-corrected chi connectivity index (χ0v) is 15.0. The molecule has 0 saturated heterocycles. The van der Waals surface area contributed by atoms with Gasteiger partial charge in [-0.05, 0) is 54.4 Å². The zero-order valence-electron chi connectivity index (χ0n) is 14.1. The number of thiol groups is 1. The van der Waals surface area contributed by atoms with Crippen molar-refractivity contribution in [2.24, 2.45) is 0 Å². The second kappa shape index (κ2) is 12.3. The second-order valence-corrected chi connectivity index (χ2v) is 5.18. The van der Waals surface area contributed by atoms with Gasteiger partial charge in [-0.1, -0.05) is 74.9 Å². The Labute approximate surface area is 147 Å². The summed E-state index contributed by atoms with van der Waals surface area (Å²) in [5.74, 6) is 0. The predicted molar refractivity (Wildman–Crippen MR) is 111 cm³/mol. The van der Waals surface area contributed by atoms with Gasteiger partial charge >= 0.3 is 0 Å². The summed E-state index contributed by atoms with van der Waals surface area (Å²) < 4.78 is 0. The molecule has 0 atom stereocenters. The third-order valence-electron chi connectivity index (χ3n) is 2.83. The molecule has 0 nitrogen and oxygen atoms in total. The van der Waals surface area contributed by atoms with Crippen LogP contribution in [0.4, 0.5) is 0 Å². The largest absolute Gasteiger partial charge is 0.143 e. The van der Waals surface area contributed by atoms with E-state index in [2.05, 4.69) is 38.9 Å². The molecular weight excluding hydrogens is 296 g/mol. The fraction of sp³-hybridized carbons (Fsp3) is 0.0909. The molecule has 0 radical (unpaired) electrons. The number of allylic oxidation sites excluding steroid dienone is 15. The number of rotatable bonds is 9. The fourth-order valence-corrected chi connectivity index (χ4v) is 1.93. The first-order chi connectivity index (χ1) is 11.0. The van der Waals surface area contributed by atoms with Crippen molar-refractivity contribution in [2.45, 2.75) is 13.8 Å². The Hall–Kier alpha value is -2.25. The lowest BCUT2D eigenvalue weighted by atomic mass is 9.99. The van der Waals surface area contributed by atoms with Crippen LogP contribution in [0.5, 0.6) is 0 Å². The summed E-state index contributed by atoms with van der Waals surface area (Å²) >= 11 is 4.38. The van der Waals surface area contributed by atoms with Crippen molar-refractivity contribution >= 4 is 12.6 Å². The predicted octanol–water partition coefficient (Wildman–Crippen LogP) is 6.85. The van der Waals surface area contributed by atoms with Crippen LogP contribution >= 0.6 is 12.6 Å². The Balaban J connectivity index is 5.59. The highest BCUT2D eigenvalue weighted by atomic mass is 32.1. The Bertz CT molecular complexity index is 629. The van der Waals surface area contributed by atoms with Gasteiger partial charge in [0.25, 0.3) is 0 Å². The molecule has 0 aromatic carbocycles. The van der Waals surface area contributed by atoms with Crippen molar-refractivity contribution in [2.75, 3.05) is 0 Å². The Morgan fingerprint density at radius 2 is 1.52 bits per heavy atom. The molecule has 0 aliphatic carbocycles. The topological polar surface area (TPSA) is 0 Å². The maximum absolute atomic E-state index is 4.38. The van der Waals surface area contributed by atoms with Gasteiger partial charge in [0.05, 0.1) is 0 Å². The molecule has 23 heavy (non-hydrogen) atoms. The van der Waals surface area contributed by atoms with E-state index in [0.29, 0.717) is 0 Å². The van der Waals surface area contributed by atoms with Gasteiger partial charge in [-0.25, -0.2) is 0 Å². The molecule has 0 heterocycles. The van der Waals surface area contributed by atoms with E-state index in [9.17, 15) is 0 Å². The summed E-state index contributed by atoms with van der Waals surface area (Å²) in [5.41, 5.74) is 3.66. The van der Waals surface area contributed by atoms with Gasteiger partial charge in [0.2, 0.25) is 0 Å². The molecular formula is C22H26S. The summed E-state index contributed by atoms with van der Waals surface area (Å²) in [4.78, 5) is 0.795. The maximum atomic E-state index is 4.38. The van der Waals surface area contributed by atoms with Crippen LogP contribution < -0.4 is 0 Å². The van der Waals surface area contributed by atoms with E-state index in [4.69, 9.17) is 0 Å². The van der Waals surface area contributed by atoms with Gasteiger partial charge in [0.15, 0.2) is 0 Å². The summed E-state index contributed by atoms with van der Waals surface area (Å²) in [5, 5.41) is 0. The molecule has 0 fully saturated rings. The number of hydrogen-bond acceptors (Lipinski definition) is 1. The number of hydrogen-bond donors (Lipinski definition) is 1. The van der Waals surface area contributed by atoms with Gasteiger partial charge in [-0.15, -0.1) is 12.6 Å². The molecule has 1 heteroatoms. The minimum Gasteiger partial charge on any atom is -0.143 e. The Morgan fingerprint density at radius 1 is 0.826 bits per heavy atom. The van der Waals surface area contributed by atoms with Crippen molar-refractivity contribution in [1.82, 2.24) is 0 Å². The van der Waals surface area contributed by atoms with E-state index in [1.54, 1.807) is 12.2 Å². The van der Waals surface area contributed by atoms with Crippen molar-refractivity contribution < 1.29 is 0 Å². The van der Waals surface area contributed by atoms with Crippen molar-refractivity contribution in [1.29, 1.82) is 0 Å². The molecule has 0 spiro atoms. The smallest absolute Gasteiger partial charge is 0.00459 e. The van der Waals surface area contributed by atoms with Crippen LogP contribution in [0.15, 0.2) is 120 Å². The van der Waals surface area contributed by atoms with Crippen LogP contribution in [-0.4, -0.2) is 0 Å². The monoisotopic (exact) mass is 322 g/mol. The summed E-state index contributed by atoms with van der Waals surface area (Å²) in [6, 6.07) is 0. The third-order valence-corrected chi connectivity index (χ3v) is 3.11. The van der Waals surface area contributed by atoms with Gasteiger partial charge in [-0.3, -0.25) is 0 Å². The van der Waals surface area contributed by atoms with Gasteiger partial charge < -0.3 is 0 Å². The summed E-state index contributed by atoms with van der Waals surface area (Å²) in [6.45, 7) is 19.7. The lowest BCUT2D eigenvalue weighted by Crippen LogP contribution is -1.87. The lowest BCUT2D eigenvalue weighted by molar-refractivity contribution is 1.48. The Kier molecular flexibility index (Phi) is 11.1. The fourth-order valence-electron chi connectivity index (χ4n) is 1.69. The van der Waals surface area contributed by atoms with E-state index in [1.807, 2.05) is 68.5 Å². The average Bonchev–Trinajstić information content (AvgIpc) is 2.52. The van der Waals surface area contributed by atoms with E-state index in [-0.39, 0.29) is 0 Å². The van der Waals surface area contributed by atoms with E-state index < -0.39 is 0 Å². The highest BCUT2D eigenvalue weighted by molar-refractivity contribution is 7.84. The van der Waals surface area contributed by atoms with E-state index in [1.165, 1.54) is 0 Å². The molecule has 120 valence electrons. The van der Waals surface area contributed by atoms with Crippen LogP contribution in [0, 0.1) is 0 Å². The lowest BCUT2D eigenvalue weighted by Gasteiger charge is -2.06. The van der Waals surface area contributed by atoms with Crippen LogP contribution in [-0.2, 0) is 0 Å². The molecule has 0 bridgehead atoms. The molecule has 0 aromatic heterocycles. The normalized spacial score (nSPS) is 14.0. The third kappa shape index (κ3) is 8.70. The minimum atomic E-state index is 0.795. The highest BCUT2D eigenvalue weighted by Crippen LogP contribution is 2.20. The quantitative estimate of drug-likeness (QED) is 0.348. The molecule has 0 aromatic rings. The maximum Gasteiger partial charge on any atom is 0.00459 e. The molecule has 0 saturated carbocycles. The highest BCUT2D eigenvalue weighted by Gasteiger charge is 2.01. The SMILES string of the molecule is C=C/C=C(S)\C=C(/C=C)C(=C)/C=C(\C=C/C)C(=C)/C=C\C=C/C. The van der Waals surface area contributed by atoms with Gasteiger partial charge in [-0.2, -0.15) is 0 Å². The molecule has 0 N–H and O–H groups in total. The molecule has 0 aliphatic rings. The summed E-state index contributed by atoms with van der Waals surface area (Å²) in [6.07, 6.45) is 21.0. The standard InChI is InChI=1S/C22H26S/c1-7-11-12-15-18(5)21(13-8-2)16-19(6)20(10-4)17-22(23)14-9-3/h7-17,23H,3-6H2,1-2H3/b11-7-,13-8-,15-12-,20-17+,21-16+,22-14+. The van der Waals surface area contributed by atoms with Crippen molar-refractivity contribution in [3.8, 4) is 0 Å². The zero-order chi connectivity index (χ0) is 17.7. The van der Waals surface area contributed by atoms with E-state index >= 15 is 0 Å². The first kappa shape index (κ1) is 20.8. The molecule has 0 amide bonds. The first-order valence-corrected chi connectivity index (χ1v) is 7.83. The van der Waals surface area contributed by atoms with Crippen LogP contribution in [0.3, 0.4) is 0 Å². The summed E-state index contributed by atoms with van der Waals surface area (Å²) in [7, 11) is 0. The average molecular weight is 323 g/mol.